The van der Waals surface area contributed by atoms with Crippen LogP contribution in [0.5, 0.6) is 0 Å². The molecular weight excluding hydrogens is 248 g/mol. The fourth-order valence-corrected chi connectivity index (χ4v) is 2.97. The first-order valence-electron chi connectivity index (χ1n) is 2.61. The van der Waals surface area contributed by atoms with Crippen molar-refractivity contribution >= 4 is 31.6 Å². The van der Waals surface area contributed by atoms with Crippen molar-refractivity contribution in [3.05, 3.63) is 0 Å². The third-order valence-electron chi connectivity index (χ3n) is 0.753. The molecule has 0 aliphatic rings. The van der Waals surface area contributed by atoms with Gasteiger partial charge in [-0.3, -0.25) is 9.11 Å². The van der Waals surface area contributed by atoms with Gasteiger partial charge in [-0.25, -0.2) is 0 Å². The molecule has 0 spiro atoms. The summed E-state index contributed by atoms with van der Waals surface area (Å²) in [5.41, 5.74) is 0. The lowest BCUT2D eigenvalue weighted by molar-refractivity contribution is 0.441. The fraction of sp³-hybridized carbons (Fsp3) is 1.00. The largest absolute Gasteiger partial charge is 0.317 e. The molecule has 0 rings (SSSR count). The second-order valence-electron chi connectivity index (χ2n) is 1.83. The highest BCUT2D eigenvalue weighted by Crippen LogP contribution is 1.97. The minimum Gasteiger partial charge on any atom is -0.286 e. The highest BCUT2D eigenvalue weighted by Gasteiger charge is 2.18. The van der Waals surface area contributed by atoms with Gasteiger partial charge in [0.2, 0.25) is 0 Å². The van der Waals surface area contributed by atoms with E-state index in [1.807, 2.05) is 0 Å². The third kappa shape index (κ3) is 8.27. The van der Waals surface area contributed by atoms with E-state index in [4.69, 9.17) is 9.11 Å². The molecule has 1 atom stereocenters. The number of hydrogen-bond donors (Lipinski definition) is 2. The molecule has 13 heavy (non-hydrogen) atoms. The van der Waals surface area contributed by atoms with Gasteiger partial charge >= 0.3 is 11.4 Å². The Bertz CT molecular complexity index is 374. The molecule has 0 aliphatic carbocycles. The molecule has 80 valence electrons. The van der Waals surface area contributed by atoms with E-state index in [0.29, 0.717) is 0 Å². The summed E-state index contributed by atoms with van der Waals surface area (Å²) < 4.78 is 70.6. The molecule has 8 nitrogen and oxygen atoms in total. The Morgan fingerprint density at radius 3 is 1.92 bits per heavy atom. The average molecular weight is 254 g/mol. The van der Waals surface area contributed by atoms with Crippen molar-refractivity contribution in [1.29, 1.82) is 0 Å². The molecule has 0 fully saturated rings. The van der Waals surface area contributed by atoms with Crippen molar-refractivity contribution in [1.82, 2.24) is 0 Å². The summed E-state index contributed by atoms with van der Waals surface area (Å²) in [5, 5.41) is 0. The zero-order valence-corrected chi connectivity index (χ0v) is 8.43. The van der Waals surface area contributed by atoms with Gasteiger partial charge in [-0.2, -0.15) is 21.0 Å². The van der Waals surface area contributed by atoms with Crippen LogP contribution < -0.4 is 0 Å². The van der Waals surface area contributed by atoms with Gasteiger partial charge in [0, 0.05) is 0 Å². The lowest BCUT2D eigenvalue weighted by atomic mass is 11.0. The van der Waals surface area contributed by atoms with Crippen LogP contribution in [0.15, 0.2) is 0 Å². The third-order valence-corrected chi connectivity index (χ3v) is 3.73. The zero-order chi connectivity index (χ0) is 10.7. The minimum atomic E-state index is -4.43. The average Bonchev–Trinajstić information content (AvgIpc) is 1.79. The second-order valence-corrected chi connectivity index (χ2v) is 5.91. The van der Waals surface area contributed by atoms with Crippen LogP contribution in [0.25, 0.3) is 0 Å². The Morgan fingerprint density at radius 1 is 1.15 bits per heavy atom. The SMILES string of the molecule is O=S(O)OS(=O)(=O)CCS(=O)(=O)O. The normalized spacial score (nSPS) is 15.5. The molecule has 0 aromatic rings. The summed E-state index contributed by atoms with van der Waals surface area (Å²) >= 11 is -3.03. The van der Waals surface area contributed by atoms with Gasteiger partial charge in [0.15, 0.2) is 0 Å². The first kappa shape index (κ1) is 12.9. The fourth-order valence-electron chi connectivity index (χ4n) is 0.330. The molecule has 11 heteroatoms. The smallest absolute Gasteiger partial charge is 0.286 e. The van der Waals surface area contributed by atoms with Gasteiger partial charge in [-0.05, 0) is 0 Å². The predicted molar refractivity (Wildman–Crippen MR) is 42.1 cm³/mol. The molecule has 0 radical (unpaired) electrons. The Labute approximate surface area is 77.3 Å². The van der Waals surface area contributed by atoms with Crippen molar-refractivity contribution in [2.24, 2.45) is 0 Å². The highest BCUT2D eigenvalue weighted by molar-refractivity contribution is 7.96. The van der Waals surface area contributed by atoms with Crippen LogP contribution in [0.1, 0.15) is 0 Å². The van der Waals surface area contributed by atoms with Crippen LogP contribution in [0.2, 0.25) is 0 Å². The van der Waals surface area contributed by atoms with Crippen molar-refractivity contribution < 1.29 is 33.8 Å². The molecule has 0 heterocycles. The number of hydrogen-bond acceptors (Lipinski definition) is 6. The van der Waals surface area contributed by atoms with Crippen LogP contribution in [0.4, 0.5) is 0 Å². The van der Waals surface area contributed by atoms with Crippen LogP contribution in [-0.2, 0) is 35.2 Å². The van der Waals surface area contributed by atoms with Crippen molar-refractivity contribution in [3.8, 4) is 0 Å². The molecule has 0 aliphatic heterocycles. The van der Waals surface area contributed by atoms with E-state index >= 15 is 0 Å². The summed E-state index contributed by atoms with van der Waals surface area (Å²) in [4.78, 5) is 0. The van der Waals surface area contributed by atoms with Gasteiger partial charge in [0.05, 0.1) is 11.5 Å². The van der Waals surface area contributed by atoms with E-state index in [2.05, 4.69) is 3.63 Å². The molecule has 1 unspecified atom stereocenters. The van der Waals surface area contributed by atoms with Gasteiger partial charge in [0.1, 0.15) is 0 Å². The maximum Gasteiger partial charge on any atom is 0.317 e. The lowest BCUT2D eigenvalue weighted by Gasteiger charge is -1.98. The van der Waals surface area contributed by atoms with Gasteiger partial charge in [-0.15, -0.1) is 3.63 Å². The van der Waals surface area contributed by atoms with E-state index in [1.165, 1.54) is 0 Å². The first-order chi connectivity index (χ1) is 5.62. The quantitative estimate of drug-likeness (QED) is 0.440. The zero-order valence-electron chi connectivity index (χ0n) is 5.98. The standard InChI is InChI=1S/C2H6O8S3/c3-11(4)10-13(8,9)2-1-12(5,6)7/h1-2H2,(H,3,4)(H,5,6,7). The van der Waals surface area contributed by atoms with Crippen LogP contribution in [0.3, 0.4) is 0 Å². The van der Waals surface area contributed by atoms with Gasteiger partial charge in [-0.1, -0.05) is 0 Å². The maximum absolute atomic E-state index is 10.5. The van der Waals surface area contributed by atoms with Crippen LogP contribution in [0, 0.1) is 0 Å². The predicted octanol–water partition coefficient (Wildman–Crippen LogP) is -1.64. The Morgan fingerprint density at radius 2 is 1.62 bits per heavy atom. The molecule has 0 aromatic carbocycles. The maximum atomic E-state index is 10.5. The molecule has 0 saturated heterocycles. The molecular formula is C2H6O8S3. The van der Waals surface area contributed by atoms with E-state index < -0.39 is 43.1 Å². The summed E-state index contributed by atoms with van der Waals surface area (Å²) in [5.74, 6) is -2.18. The van der Waals surface area contributed by atoms with Crippen molar-refractivity contribution in [2.45, 2.75) is 0 Å². The lowest BCUT2D eigenvalue weighted by Crippen LogP contribution is -2.19. The first-order valence-corrected chi connectivity index (χ1v) is 6.83. The second kappa shape index (κ2) is 4.43. The van der Waals surface area contributed by atoms with Crippen LogP contribution in [-0.4, -0.2) is 41.7 Å². The van der Waals surface area contributed by atoms with Crippen molar-refractivity contribution in [3.63, 3.8) is 0 Å². The molecule has 0 bridgehead atoms. The monoisotopic (exact) mass is 254 g/mol. The van der Waals surface area contributed by atoms with E-state index in [1.54, 1.807) is 0 Å². The van der Waals surface area contributed by atoms with Gasteiger partial charge < -0.3 is 0 Å². The molecule has 2 N–H and O–H groups in total. The molecule has 0 amide bonds. The Balaban J connectivity index is 4.30. The van der Waals surface area contributed by atoms with Gasteiger partial charge in [0.25, 0.3) is 20.2 Å². The van der Waals surface area contributed by atoms with E-state index in [0.717, 1.165) is 0 Å². The van der Waals surface area contributed by atoms with E-state index in [9.17, 15) is 21.0 Å². The summed E-state index contributed by atoms with van der Waals surface area (Å²) in [7, 11) is -8.84. The topological polar surface area (TPSA) is 135 Å². The van der Waals surface area contributed by atoms with Crippen LogP contribution >= 0.6 is 0 Å². The van der Waals surface area contributed by atoms with Crippen molar-refractivity contribution in [2.75, 3.05) is 11.5 Å². The Kier molecular flexibility index (Phi) is 4.41. The number of rotatable bonds is 5. The highest BCUT2D eigenvalue weighted by atomic mass is 32.3. The van der Waals surface area contributed by atoms with E-state index in [-0.39, 0.29) is 0 Å². The molecule has 0 aromatic heterocycles. The summed E-state index contributed by atoms with van der Waals surface area (Å²) in [6.07, 6.45) is 0. The summed E-state index contributed by atoms with van der Waals surface area (Å²) in [6.45, 7) is 0. The minimum absolute atomic E-state index is 1.09. The molecule has 0 saturated carbocycles. The summed E-state index contributed by atoms with van der Waals surface area (Å²) in [6, 6.07) is 0. The Hall–Kier alpha value is -0.0700.